The summed E-state index contributed by atoms with van der Waals surface area (Å²) in [5.74, 6) is 0.524. The molecule has 1 aliphatic heterocycles. The highest BCUT2D eigenvalue weighted by Crippen LogP contribution is 2.35. The molecule has 162 valence electrons. The SMILES string of the molecule is C[C@@H]1CN(C(=O)OC(C)(C)C)C[C@H]1c1cc(-c2cccc(-c3ccccc3)c2)n(C)n1. The van der Waals surface area contributed by atoms with E-state index in [1.165, 1.54) is 11.1 Å². The fourth-order valence-electron chi connectivity index (χ4n) is 4.26. The van der Waals surface area contributed by atoms with Gasteiger partial charge in [-0.2, -0.15) is 5.10 Å². The third-order valence-electron chi connectivity index (χ3n) is 5.81. The second kappa shape index (κ2) is 8.22. The zero-order valence-corrected chi connectivity index (χ0v) is 19.0. The normalized spacial score (nSPS) is 18.9. The highest BCUT2D eigenvalue weighted by Gasteiger charge is 2.37. The van der Waals surface area contributed by atoms with Crippen molar-refractivity contribution < 1.29 is 9.53 Å². The van der Waals surface area contributed by atoms with Crippen molar-refractivity contribution in [3.05, 3.63) is 66.4 Å². The molecule has 0 radical (unpaired) electrons. The van der Waals surface area contributed by atoms with Crippen molar-refractivity contribution in [1.82, 2.24) is 14.7 Å². The number of aryl methyl sites for hydroxylation is 1. The molecule has 0 spiro atoms. The number of hydrogen-bond donors (Lipinski definition) is 0. The topological polar surface area (TPSA) is 47.4 Å². The summed E-state index contributed by atoms with van der Waals surface area (Å²) in [5, 5.41) is 4.83. The Morgan fingerprint density at radius 1 is 0.968 bits per heavy atom. The van der Waals surface area contributed by atoms with E-state index in [0.717, 1.165) is 17.0 Å². The number of ether oxygens (including phenoxy) is 1. The van der Waals surface area contributed by atoms with E-state index >= 15 is 0 Å². The molecule has 0 N–H and O–H groups in total. The molecular formula is C26H31N3O2. The molecule has 1 saturated heterocycles. The van der Waals surface area contributed by atoms with Gasteiger partial charge >= 0.3 is 6.09 Å². The number of carbonyl (C=O) groups is 1. The van der Waals surface area contributed by atoms with Crippen molar-refractivity contribution in [3.8, 4) is 22.4 Å². The quantitative estimate of drug-likeness (QED) is 0.547. The van der Waals surface area contributed by atoms with Crippen LogP contribution < -0.4 is 0 Å². The summed E-state index contributed by atoms with van der Waals surface area (Å²) in [5.41, 5.74) is 5.14. The van der Waals surface area contributed by atoms with E-state index in [1.807, 2.05) is 43.5 Å². The Hall–Kier alpha value is -3.08. The molecule has 2 atom stereocenters. The van der Waals surface area contributed by atoms with E-state index < -0.39 is 5.60 Å². The molecule has 3 aromatic rings. The molecule has 31 heavy (non-hydrogen) atoms. The maximum atomic E-state index is 12.5. The number of likely N-dealkylation sites (tertiary alicyclic amines) is 1. The van der Waals surface area contributed by atoms with Crippen LogP contribution in [0.15, 0.2) is 60.7 Å². The van der Waals surface area contributed by atoms with E-state index in [0.29, 0.717) is 19.0 Å². The molecule has 5 heteroatoms. The van der Waals surface area contributed by atoms with Crippen molar-refractivity contribution in [3.63, 3.8) is 0 Å². The Morgan fingerprint density at radius 3 is 2.35 bits per heavy atom. The van der Waals surface area contributed by atoms with Crippen molar-refractivity contribution >= 4 is 6.09 Å². The van der Waals surface area contributed by atoms with Crippen molar-refractivity contribution in [2.75, 3.05) is 13.1 Å². The molecule has 1 fully saturated rings. The number of hydrogen-bond acceptors (Lipinski definition) is 3. The summed E-state index contributed by atoms with van der Waals surface area (Å²) < 4.78 is 7.52. The molecule has 5 nitrogen and oxygen atoms in total. The Kier molecular flexibility index (Phi) is 5.61. The lowest BCUT2D eigenvalue weighted by Gasteiger charge is -2.24. The zero-order chi connectivity index (χ0) is 22.2. The van der Waals surface area contributed by atoms with E-state index in [-0.39, 0.29) is 12.0 Å². The summed E-state index contributed by atoms with van der Waals surface area (Å²) >= 11 is 0. The van der Waals surface area contributed by atoms with Crippen LogP contribution in [0.1, 0.15) is 39.3 Å². The Bertz CT molecular complexity index is 1070. The van der Waals surface area contributed by atoms with E-state index in [4.69, 9.17) is 9.84 Å². The number of benzene rings is 2. The minimum Gasteiger partial charge on any atom is -0.444 e. The number of carbonyl (C=O) groups excluding carboxylic acids is 1. The van der Waals surface area contributed by atoms with Crippen LogP contribution in [0.4, 0.5) is 4.79 Å². The molecule has 2 heterocycles. The lowest BCUT2D eigenvalue weighted by atomic mass is 9.94. The Balaban J connectivity index is 1.57. The number of nitrogens with zero attached hydrogens (tertiary/aromatic N) is 3. The van der Waals surface area contributed by atoms with Gasteiger partial charge in [-0.1, -0.05) is 55.5 Å². The molecule has 0 unspecified atom stereocenters. The fourth-order valence-corrected chi connectivity index (χ4v) is 4.26. The minimum absolute atomic E-state index is 0.199. The van der Waals surface area contributed by atoms with Gasteiger partial charge in [-0.15, -0.1) is 0 Å². The van der Waals surface area contributed by atoms with Crippen molar-refractivity contribution in [1.29, 1.82) is 0 Å². The lowest BCUT2D eigenvalue weighted by molar-refractivity contribution is 0.0287. The molecule has 0 bridgehead atoms. The van der Waals surface area contributed by atoms with Gasteiger partial charge < -0.3 is 9.64 Å². The standard InChI is InChI=1S/C26H31N3O2/c1-18-16-29(25(30)31-26(2,3)4)17-22(18)23-15-24(28(5)27-23)21-13-9-12-20(14-21)19-10-7-6-8-11-19/h6-15,18,22H,16-17H2,1-5H3/t18-,22-/m1/s1. The molecule has 4 rings (SSSR count). The first-order valence-electron chi connectivity index (χ1n) is 10.9. The zero-order valence-electron chi connectivity index (χ0n) is 19.0. The van der Waals surface area contributed by atoms with Gasteiger partial charge in [0.05, 0.1) is 11.4 Å². The van der Waals surface area contributed by atoms with Crippen LogP contribution in [-0.4, -0.2) is 39.5 Å². The Labute approximate surface area is 184 Å². The predicted molar refractivity (Wildman–Crippen MR) is 124 cm³/mol. The van der Waals surface area contributed by atoms with Crippen LogP contribution in [-0.2, 0) is 11.8 Å². The van der Waals surface area contributed by atoms with Gasteiger partial charge in [0.25, 0.3) is 0 Å². The summed E-state index contributed by atoms with van der Waals surface area (Å²) in [6.07, 6.45) is -0.242. The highest BCUT2D eigenvalue weighted by molar-refractivity contribution is 5.72. The first-order chi connectivity index (χ1) is 14.7. The molecule has 1 aromatic heterocycles. The van der Waals surface area contributed by atoms with Gasteiger partial charge in [0.1, 0.15) is 5.60 Å². The summed E-state index contributed by atoms with van der Waals surface area (Å²) in [7, 11) is 1.99. The molecule has 1 amide bonds. The van der Waals surface area contributed by atoms with Gasteiger partial charge in [-0.3, -0.25) is 4.68 Å². The van der Waals surface area contributed by atoms with Crippen molar-refractivity contribution in [2.24, 2.45) is 13.0 Å². The summed E-state index contributed by atoms with van der Waals surface area (Å²) in [4.78, 5) is 14.3. The molecule has 0 aliphatic carbocycles. The number of amides is 1. The predicted octanol–water partition coefficient (Wildman–Crippen LogP) is 5.72. The largest absolute Gasteiger partial charge is 0.444 e. The smallest absolute Gasteiger partial charge is 0.410 e. The van der Waals surface area contributed by atoms with Crippen LogP contribution in [0.5, 0.6) is 0 Å². The first kappa shape index (κ1) is 21.2. The Morgan fingerprint density at radius 2 is 1.65 bits per heavy atom. The summed E-state index contributed by atoms with van der Waals surface area (Å²) in [6.45, 7) is 9.20. The van der Waals surface area contributed by atoms with Crippen molar-refractivity contribution in [2.45, 2.75) is 39.2 Å². The number of aromatic nitrogens is 2. The van der Waals surface area contributed by atoms with Gasteiger partial charge in [0.2, 0.25) is 0 Å². The second-order valence-electron chi connectivity index (χ2n) is 9.49. The van der Waals surface area contributed by atoms with E-state index in [9.17, 15) is 4.79 Å². The first-order valence-corrected chi connectivity index (χ1v) is 10.9. The third kappa shape index (κ3) is 4.66. The minimum atomic E-state index is -0.486. The van der Waals surface area contributed by atoms with Gasteiger partial charge in [0.15, 0.2) is 0 Å². The highest BCUT2D eigenvalue weighted by atomic mass is 16.6. The second-order valence-corrected chi connectivity index (χ2v) is 9.49. The van der Waals surface area contributed by atoms with Crippen LogP contribution in [0.3, 0.4) is 0 Å². The van der Waals surface area contributed by atoms with Gasteiger partial charge in [-0.05, 0) is 49.9 Å². The maximum absolute atomic E-state index is 12.5. The lowest BCUT2D eigenvalue weighted by Crippen LogP contribution is -2.35. The van der Waals surface area contributed by atoms with Crippen LogP contribution in [0.25, 0.3) is 22.4 Å². The monoisotopic (exact) mass is 417 g/mol. The van der Waals surface area contributed by atoms with E-state index in [1.54, 1.807) is 0 Å². The van der Waals surface area contributed by atoms with Gasteiger partial charge in [-0.25, -0.2) is 4.79 Å². The fraction of sp³-hybridized carbons (Fsp3) is 0.385. The molecule has 2 aromatic carbocycles. The molecule has 0 saturated carbocycles. The molecule has 1 aliphatic rings. The van der Waals surface area contributed by atoms with Crippen LogP contribution >= 0.6 is 0 Å². The average Bonchev–Trinajstić information content (AvgIpc) is 3.30. The van der Waals surface area contributed by atoms with Crippen LogP contribution in [0.2, 0.25) is 0 Å². The van der Waals surface area contributed by atoms with E-state index in [2.05, 4.69) is 61.5 Å². The average molecular weight is 418 g/mol. The maximum Gasteiger partial charge on any atom is 0.410 e. The van der Waals surface area contributed by atoms with Crippen LogP contribution in [0, 0.1) is 5.92 Å². The summed E-state index contributed by atoms with van der Waals surface area (Å²) in [6, 6.07) is 21.1. The third-order valence-corrected chi connectivity index (χ3v) is 5.81. The number of rotatable bonds is 3. The van der Waals surface area contributed by atoms with Gasteiger partial charge in [0, 0.05) is 31.6 Å². The molecular weight excluding hydrogens is 386 g/mol.